The fraction of sp³-hybridized carbons (Fsp3) is 0.348. The van der Waals surface area contributed by atoms with E-state index in [-0.39, 0.29) is 18.2 Å². The van der Waals surface area contributed by atoms with E-state index in [4.69, 9.17) is 4.99 Å². The fourth-order valence-corrected chi connectivity index (χ4v) is 3.50. The first-order valence-corrected chi connectivity index (χ1v) is 9.99. The van der Waals surface area contributed by atoms with Crippen LogP contribution in [0.3, 0.4) is 0 Å². The van der Waals surface area contributed by atoms with Crippen LogP contribution >= 0.6 is 0 Å². The van der Waals surface area contributed by atoms with Gasteiger partial charge in [0.05, 0.1) is 11.4 Å². The van der Waals surface area contributed by atoms with Crippen molar-refractivity contribution in [2.75, 3.05) is 18.7 Å². The van der Waals surface area contributed by atoms with E-state index >= 15 is 0 Å². The summed E-state index contributed by atoms with van der Waals surface area (Å²) in [5.74, 6) is -0.615. The molecule has 2 aromatic rings. The lowest BCUT2D eigenvalue weighted by Gasteiger charge is -2.28. The van der Waals surface area contributed by atoms with Crippen LogP contribution in [0.2, 0.25) is 0 Å². The van der Waals surface area contributed by atoms with Crippen molar-refractivity contribution in [3.05, 3.63) is 65.7 Å². The SMILES string of the molecule is CCCCCC(=O)N(CO)C1N=C(c2ccccc2)c2ccccc2N(C)C1=O. The Labute approximate surface area is 171 Å². The van der Waals surface area contributed by atoms with Crippen molar-refractivity contribution in [2.24, 2.45) is 4.99 Å². The molecule has 1 atom stereocenters. The van der Waals surface area contributed by atoms with Crippen molar-refractivity contribution in [3.63, 3.8) is 0 Å². The Morgan fingerprint density at radius 2 is 1.79 bits per heavy atom. The number of benzene rings is 2. The summed E-state index contributed by atoms with van der Waals surface area (Å²) in [6.45, 7) is 1.50. The number of benzodiazepines with no additional fused rings is 1. The maximum atomic E-state index is 13.2. The molecule has 2 aromatic carbocycles. The molecule has 0 bridgehead atoms. The molecule has 1 unspecified atom stereocenters. The molecular weight excluding hydrogens is 366 g/mol. The number of nitrogens with zero attached hydrogens (tertiary/aromatic N) is 3. The zero-order chi connectivity index (χ0) is 20.8. The van der Waals surface area contributed by atoms with E-state index in [1.54, 1.807) is 7.05 Å². The highest BCUT2D eigenvalue weighted by atomic mass is 16.3. The minimum Gasteiger partial charge on any atom is -0.376 e. The molecular formula is C23H27N3O3. The lowest BCUT2D eigenvalue weighted by molar-refractivity contribution is -0.143. The van der Waals surface area contributed by atoms with Crippen LogP contribution in [0.25, 0.3) is 0 Å². The van der Waals surface area contributed by atoms with Crippen LogP contribution in [0, 0.1) is 0 Å². The number of fused-ring (bicyclic) bond motifs is 1. The van der Waals surface area contributed by atoms with Crippen molar-refractivity contribution in [3.8, 4) is 0 Å². The molecule has 6 nitrogen and oxygen atoms in total. The Balaban J connectivity index is 2.07. The zero-order valence-electron chi connectivity index (χ0n) is 16.9. The minimum atomic E-state index is -1.11. The van der Waals surface area contributed by atoms with Gasteiger partial charge in [0, 0.05) is 24.6 Å². The van der Waals surface area contributed by atoms with Crippen molar-refractivity contribution in [1.82, 2.24) is 4.90 Å². The quantitative estimate of drug-likeness (QED) is 0.580. The van der Waals surface area contributed by atoms with E-state index in [0.717, 1.165) is 36.1 Å². The van der Waals surface area contributed by atoms with Gasteiger partial charge >= 0.3 is 0 Å². The van der Waals surface area contributed by atoms with Crippen molar-refractivity contribution in [2.45, 2.75) is 38.8 Å². The predicted molar refractivity (Wildman–Crippen MR) is 114 cm³/mol. The molecule has 0 radical (unpaired) electrons. The summed E-state index contributed by atoms with van der Waals surface area (Å²) in [5, 5.41) is 9.94. The van der Waals surface area contributed by atoms with Crippen LogP contribution in [0.1, 0.15) is 43.7 Å². The molecule has 2 amide bonds. The highest BCUT2D eigenvalue weighted by Gasteiger charge is 2.35. The molecule has 1 aliphatic rings. The summed E-state index contributed by atoms with van der Waals surface area (Å²) in [6.07, 6.45) is 1.81. The number of carbonyl (C=O) groups excluding carboxylic acids is 2. The average Bonchev–Trinajstić information content (AvgIpc) is 2.86. The zero-order valence-corrected chi connectivity index (χ0v) is 16.9. The standard InChI is InChI=1S/C23H27N3O3/c1-3-4-6-15-20(28)26(16-27)22-23(29)25(2)19-14-10-9-13-18(19)21(24-22)17-11-7-5-8-12-17/h5,7-14,22,27H,3-4,6,15-16H2,1-2H3. The first-order valence-electron chi connectivity index (χ1n) is 9.99. The van der Waals surface area contributed by atoms with E-state index in [9.17, 15) is 14.7 Å². The highest BCUT2D eigenvalue weighted by Crippen LogP contribution is 2.28. The summed E-state index contributed by atoms with van der Waals surface area (Å²) in [4.78, 5) is 33.4. The molecule has 0 saturated carbocycles. The number of aliphatic imine (C=N–C) groups is 1. The summed E-state index contributed by atoms with van der Waals surface area (Å²) in [6, 6.07) is 17.1. The van der Waals surface area contributed by atoms with Crippen LogP contribution < -0.4 is 4.90 Å². The van der Waals surface area contributed by atoms with Crippen molar-refractivity contribution in [1.29, 1.82) is 0 Å². The number of carbonyl (C=O) groups is 2. The monoisotopic (exact) mass is 393 g/mol. The molecule has 29 heavy (non-hydrogen) atoms. The molecule has 0 aliphatic carbocycles. The van der Waals surface area contributed by atoms with E-state index in [2.05, 4.69) is 6.92 Å². The largest absolute Gasteiger partial charge is 0.376 e. The summed E-state index contributed by atoms with van der Waals surface area (Å²) in [7, 11) is 1.68. The summed E-state index contributed by atoms with van der Waals surface area (Å²) in [5.41, 5.74) is 3.01. The molecule has 0 fully saturated rings. The summed E-state index contributed by atoms with van der Waals surface area (Å²) < 4.78 is 0. The van der Waals surface area contributed by atoms with E-state index in [0.29, 0.717) is 5.71 Å². The van der Waals surface area contributed by atoms with Gasteiger partial charge in [0.1, 0.15) is 6.73 Å². The number of amides is 2. The third kappa shape index (κ3) is 4.38. The normalized spacial score (nSPS) is 16.1. The maximum Gasteiger partial charge on any atom is 0.272 e. The topological polar surface area (TPSA) is 73.2 Å². The molecule has 1 aliphatic heterocycles. The van der Waals surface area contributed by atoms with Gasteiger partial charge in [0.25, 0.3) is 5.91 Å². The van der Waals surface area contributed by atoms with Crippen LogP contribution in [-0.4, -0.2) is 47.5 Å². The number of unbranched alkanes of at least 4 members (excludes halogenated alkanes) is 2. The van der Waals surface area contributed by atoms with Gasteiger partial charge in [-0.25, -0.2) is 4.99 Å². The van der Waals surface area contributed by atoms with Gasteiger partial charge in [0.15, 0.2) is 0 Å². The van der Waals surface area contributed by atoms with Crippen molar-refractivity contribution >= 4 is 23.2 Å². The van der Waals surface area contributed by atoms with Gasteiger partial charge in [-0.3, -0.25) is 14.5 Å². The second kappa shape index (κ2) is 9.47. The van der Waals surface area contributed by atoms with Crippen molar-refractivity contribution < 1.29 is 14.7 Å². The van der Waals surface area contributed by atoms with Gasteiger partial charge < -0.3 is 10.0 Å². The number of rotatable bonds is 7. The second-order valence-electron chi connectivity index (χ2n) is 7.09. The van der Waals surface area contributed by atoms with Gasteiger partial charge in [-0.1, -0.05) is 68.3 Å². The van der Waals surface area contributed by atoms with E-state index in [1.165, 1.54) is 9.80 Å². The number of likely N-dealkylation sites (N-methyl/N-ethyl adjacent to an activating group) is 1. The molecule has 0 spiro atoms. The summed E-state index contributed by atoms with van der Waals surface area (Å²) >= 11 is 0. The van der Waals surface area contributed by atoms with Crippen LogP contribution in [0.4, 0.5) is 5.69 Å². The lowest BCUT2D eigenvalue weighted by atomic mass is 10.0. The predicted octanol–water partition coefficient (Wildman–Crippen LogP) is 3.19. The fourth-order valence-electron chi connectivity index (χ4n) is 3.50. The first kappa shape index (κ1) is 20.7. The van der Waals surface area contributed by atoms with Gasteiger partial charge in [-0.15, -0.1) is 0 Å². The number of hydrogen-bond acceptors (Lipinski definition) is 4. The Bertz CT molecular complexity index is 895. The van der Waals surface area contributed by atoms with Gasteiger partial charge in [0.2, 0.25) is 12.1 Å². The molecule has 1 heterocycles. The Morgan fingerprint density at radius 3 is 2.48 bits per heavy atom. The third-order valence-corrected chi connectivity index (χ3v) is 5.13. The Hall–Kier alpha value is -2.99. The number of aliphatic hydroxyl groups is 1. The molecule has 152 valence electrons. The molecule has 0 saturated heterocycles. The highest BCUT2D eigenvalue weighted by molar-refractivity contribution is 6.20. The van der Waals surface area contributed by atoms with Crippen LogP contribution in [0.5, 0.6) is 0 Å². The second-order valence-corrected chi connectivity index (χ2v) is 7.09. The number of aliphatic hydroxyl groups excluding tert-OH is 1. The Morgan fingerprint density at radius 1 is 1.10 bits per heavy atom. The van der Waals surface area contributed by atoms with Crippen LogP contribution in [-0.2, 0) is 9.59 Å². The first-order chi connectivity index (χ1) is 14.1. The van der Waals surface area contributed by atoms with Gasteiger partial charge in [-0.2, -0.15) is 0 Å². The molecule has 0 aromatic heterocycles. The van der Waals surface area contributed by atoms with E-state index < -0.39 is 12.9 Å². The minimum absolute atomic E-state index is 0.269. The van der Waals surface area contributed by atoms with Gasteiger partial charge in [-0.05, 0) is 12.5 Å². The number of hydrogen-bond donors (Lipinski definition) is 1. The van der Waals surface area contributed by atoms with Crippen LogP contribution in [0.15, 0.2) is 59.6 Å². The average molecular weight is 393 g/mol. The molecule has 3 rings (SSSR count). The number of anilines is 1. The maximum absolute atomic E-state index is 13.2. The Kier molecular flexibility index (Phi) is 6.77. The molecule has 6 heteroatoms. The smallest absolute Gasteiger partial charge is 0.272 e. The lowest BCUT2D eigenvalue weighted by Crippen LogP contribution is -2.49. The molecule has 1 N–H and O–H groups in total. The van der Waals surface area contributed by atoms with E-state index in [1.807, 2.05) is 54.6 Å². The third-order valence-electron chi connectivity index (χ3n) is 5.13. The number of para-hydroxylation sites is 1.